The lowest BCUT2D eigenvalue weighted by Crippen LogP contribution is -2.05. The molecule has 2 aromatic heterocycles. The fourth-order valence-corrected chi connectivity index (χ4v) is 3.68. The van der Waals surface area contributed by atoms with Crippen LogP contribution < -0.4 is 0 Å². The molecule has 0 aliphatic carbocycles. The Labute approximate surface area is 158 Å². The van der Waals surface area contributed by atoms with Crippen molar-refractivity contribution in [3.8, 4) is 5.75 Å². The molecular weight excluding hydrogens is 364 g/mol. The third-order valence-corrected chi connectivity index (χ3v) is 5.14. The number of carboxylic acids is 1. The van der Waals surface area contributed by atoms with E-state index in [1.165, 1.54) is 6.07 Å². The summed E-state index contributed by atoms with van der Waals surface area (Å²) >= 11 is 1.11. The zero-order valence-corrected chi connectivity index (χ0v) is 14.8. The molecule has 2 N–H and O–H groups in total. The molecule has 4 aromatic rings. The van der Waals surface area contributed by atoms with Gasteiger partial charge in [0.1, 0.15) is 5.75 Å². The highest BCUT2D eigenvalue weighted by molar-refractivity contribution is 8.00. The van der Waals surface area contributed by atoms with E-state index in [-0.39, 0.29) is 22.8 Å². The SMILES string of the molecule is O=C(O)CSc1cc(C(=O)c2ccccc2O)cn2c1nc1ccccc12. The van der Waals surface area contributed by atoms with Crippen molar-refractivity contribution in [2.45, 2.75) is 4.90 Å². The van der Waals surface area contributed by atoms with E-state index in [4.69, 9.17) is 5.11 Å². The molecule has 7 heteroatoms. The number of phenolic OH excluding ortho intramolecular Hbond substituents is 1. The van der Waals surface area contributed by atoms with Crippen LogP contribution >= 0.6 is 11.8 Å². The molecule has 134 valence electrons. The molecular formula is C20H14N2O4S. The van der Waals surface area contributed by atoms with Gasteiger partial charge >= 0.3 is 5.97 Å². The number of aromatic hydroxyl groups is 1. The third kappa shape index (κ3) is 3.13. The van der Waals surface area contributed by atoms with Crippen LogP contribution in [0.3, 0.4) is 0 Å². The average Bonchev–Trinajstić information content (AvgIpc) is 3.04. The Kier molecular flexibility index (Phi) is 4.29. The maximum Gasteiger partial charge on any atom is 0.313 e. The smallest absolute Gasteiger partial charge is 0.313 e. The Morgan fingerprint density at radius 3 is 2.59 bits per heavy atom. The number of carbonyl (C=O) groups is 2. The number of nitrogens with zero attached hydrogens (tertiary/aromatic N) is 2. The fourth-order valence-electron chi connectivity index (χ4n) is 2.92. The lowest BCUT2D eigenvalue weighted by atomic mass is 10.0. The number of phenols is 1. The molecule has 0 unspecified atom stereocenters. The Bertz CT molecular complexity index is 1200. The first kappa shape index (κ1) is 17.1. The molecule has 27 heavy (non-hydrogen) atoms. The van der Waals surface area contributed by atoms with Gasteiger partial charge in [-0.1, -0.05) is 24.3 Å². The Hall–Kier alpha value is -3.32. The maximum atomic E-state index is 12.9. The lowest BCUT2D eigenvalue weighted by Gasteiger charge is -2.08. The minimum absolute atomic E-state index is 0.0992. The summed E-state index contributed by atoms with van der Waals surface area (Å²) in [7, 11) is 0. The Morgan fingerprint density at radius 2 is 1.81 bits per heavy atom. The number of para-hydroxylation sites is 3. The Morgan fingerprint density at radius 1 is 1.07 bits per heavy atom. The zero-order chi connectivity index (χ0) is 19.0. The number of hydrogen-bond acceptors (Lipinski definition) is 5. The van der Waals surface area contributed by atoms with Crippen molar-refractivity contribution in [1.29, 1.82) is 0 Å². The van der Waals surface area contributed by atoms with Crippen LogP contribution in [0.25, 0.3) is 16.7 Å². The zero-order valence-electron chi connectivity index (χ0n) is 14.0. The van der Waals surface area contributed by atoms with Crippen molar-refractivity contribution < 1.29 is 19.8 Å². The number of imidazole rings is 1. The highest BCUT2D eigenvalue weighted by atomic mass is 32.2. The maximum absolute atomic E-state index is 12.9. The summed E-state index contributed by atoms with van der Waals surface area (Å²) in [6.45, 7) is 0. The van der Waals surface area contributed by atoms with Gasteiger partial charge < -0.3 is 10.2 Å². The van der Waals surface area contributed by atoms with Crippen molar-refractivity contribution in [2.24, 2.45) is 0 Å². The highest BCUT2D eigenvalue weighted by Crippen LogP contribution is 2.29. The number of carbonyl (C=O) groups excluding carboxylic acids is 1. The van der Waals surface area contributed by atoms with Gasteiger partial charge in [0.25, 0.3) is 0 Å². The summed E-state index contributed by atoms with van der Waals surface area (Å²) in [5.74, 6) is -1.54. The first-order chi connectivity index (χ1) is 13.0. The quantitative estimate of drug-likeness (QED) is 0.407. The van der Waals surface area contributed by atoms with E-state index in [1.54, 1.807) is 34.9 Å². The van der Waals surface area contributed by atoms with Crippen LogP contribution in [0.15, 0.2) is 65.7 Å². The van der Waals surface area contributed by atoms with Crippen molar-refractivity contribution in [1.82, 2.24) is 9.38 Å². The van der Waals surface area contributed by atoms with Crippen LogP contribution in [0.4, 0.5) is 0 Å². The predicted octanol–water partition coefficient (Wildman–Crippen LogP) is 3.60. The molecule has 0 aliphatic rings. The highest BCUT2D eigenvalue weighted by Gasteiger charge is 2.18. The van der Waals surface area contributed by atoms with E-state index in [0.717, 1.165) is 22.8 Å². The van der Waals surface area contributed by atoms with Crippen LogP contribution in [0.2, 0.25) is 0 Å². The number of aromatic nitrogens is 2. The van der Waals surface area contributed by atoms with Gasteiger partial charge in [0.2, 0.25) is 0 Å². The largest absolute Gasteiger partial charge is 0.507 e. The van der Waals surface area contributed by atoms with E-state index >= 15 is 0 Å². The number of thioether (sulfide) groups is 1. The summed E-state index contributed by atoms with van der Waals surface area (Å²) < 4.78 is 1.78. The molecule has 2 aromatic carbocycles. The number of hydrogen-bond donors (Lipinski definition) is 2. The van der Waals surface area contributed by atoms with E-state index in [1.807, 2.05) is 24.3 Å². The van der Waals surface area contributed by atoms with Gasteiger partial charge in [-0.25, -0.2) is 4.98 Å². The van der Waals surface area contributed by atoms with Gasteiger partial charge in [0.05, 0.1) is 27.2 Å². The summed E-state index contributed by atoms with van der Waals surface area (Å²) in [5.41, 5.74) is 2.70. The summed E-state index contributed by atoms with van der Waals surface area (Å²) in [5, 5.41) is 19.0. The second-order valence-electron chi connectivity index (χ2n) is 5.92. The third-order valence-electron chi connectivity index (χ3n) is 4.13. The summed E-state index contributed by atoms with van der Waals surface area (Å²) in [6.07, 6.45) is 1.67. The molecule has 4 rings (SSSR count). The second kappa shape index (κ2) is 6.77. The van der Waals surface area contributed by atoms with E-state index in [0.29, 0.717) is 16.1 Å². The molecule has 0 spiro atoms. The van der Waals surface area contributed by atoms with Crippen LogP contribution in [0.1, 0.15) is 15.9 Å². The standard InChI is InChI=1S/C20H14N2O4S/c23-16-8-4-1-5-13(16)19(26)12-9-17(27-11-18(24)25)20-21-14-6-2-3-7-15(14)22(20)10-12/h1-10,23H,11H2,(H,24,25). The minimum atomic E-state index is -0.952. The molecule has 0 fully saturated rings. The molecule has 2 heterocycles. The molecule has 0 saturated carbocycles. The van der Waals surface area contributed by atoms with Gasteiger partial charge in [-0.3, -0.25) is 14.0 Å². The van der Waals surface area contributed by atoms with Crippen LogP contribution in [0, 0.1) is 0 Å². The van der Waals surface area contributed by atoms with Gasteiger partial charge in [0, 0.05) is 11.8 Å². The number of fused-ring (bicyclic) bond motifs is 3. The first-order valence-electron chi connectivity index (χ1n) is 8.13. The summed E-state index contributed by atoms with van der Waals surface area (Å²) in [6, 6.07) is 15.4. The molecule has 0 radical (unpaired) electrons. The molecule has 0 saturated heterocycles. The number of pyridine rings is 1. The van der Waals surface area contributed by atoms with Crippen molar-refractivity contribution in [3.63, 3.8) is 0 Å². The molecule has 6 nitrogen and oxygen atoms in total. The van der Waals surface area contributed by atoms with Gasteiger partial charge in [0.15, 0.2) is 11.4 Å². The van der Waals surface area contributed by atoms with Gasteiger partial charge in [-0.05, 0) is 30.3 Å². The second-order valence-corrected chi connectivity index (χ2v) is 6.93. The summed E-state index contributed by atoms with van der Waals surface area (Å²) in [4.78, 5) is 29.1. The average molecular weight is 378 g/mol. The molecule has 0 aliphatic heterocycles. The van der Waals surface area contributed by atoms with Crippen LogP contribution in [0.5, 0.6) is 5.75 Å². The predicted molar refractivity (Wildman–Crippen MR) is 103 cm³/mol. The van der Waals surface area contributed by atoms with Crippen LogP contribution in [-0.2, 0) is 4.79 Å². The van der Waals surface area contributed by atoms with Crippen molar-refractivity contribution >= 4 is 40.2 Å². The minimum Gasteiger partial charge on any atom is -0.507 e. The normalized spacial score (nSPS) is 11.1. The monoisotopic (exact) mass is 378 g/mol. The molecule has 0 bridgehead atoms. The van der Waals surface area contributed by atoms with Crippen molar-refractivity contribution in [2.75, 3.05) is 5.75 Å². The van der Waals surface area contributed by atoms with E-state index in [9.17, 15) is 14.7 Å². The lowest BCUT2D eigenvalue weighted by molar-refractivity contribution is -0.133. The number of rotatable bonds is 5. The van der Waals surface area contributed by atoms with Gasteiger partial charge in [-0.15, -0.1) is 11.8 Å². The fraction of sp³-hybridized carbons (Fsp3) is 0.0500. The van der Waals surface area contributed by atoms with Crippen molar-refractivity contribution in [3.05, 3.63) is 71.9 Å². The topological polar surface area (TPSA) is 91.9 Å². The molecule has 0 amide bonds. The van der Waals surface area contributed by atoms with Gasteiger partial charge in [-0.2, -0.15) is 0 Å². The molecule has 0 atom stereocenters. The van der Waals surface area contributed by atoms with Crippen LogP contribution in [-0.4, -0.2) is 37.1 Å². The number of carboxylic acid groups (broad SMARTS) is 1. The number of aliphatic carboxylic acids is 1. The number of benzene rings is 2. The number of ketones is 1. The first-order valence-corrected chi connectivity index (χ1v) is 9.11. The van der Waals surface area contributed by atoms with E-state index < -0.39 is 5.97 Å². The van der Waals surface area contributed by atoms with E-state index in [2.05, 4.69) is 4.98 Å². The Balaban J connectivity index is 1.93.